The van der Waals surface area contributed by atoms with Crippen LogP contribution in [0.4, 0.5) is 4.39 Å². The molecule has 1 N–H and O–H groups in total. The Hall–Kier alpha value is -1.39. The van der Waals surface area contributed by atoms with Gasteiger partial charge in [-0.1, -0.05) is 6.92 Å². The quantitative estimate of drug-likeness (QED) is 0.855. The molecule has 0 aliphatic carbocycles. The number of methoxy groups -OCH3 is 1. The van der Waals surface area contributed by atoms with Gasteiger partial charge < -0.3 is 14.5 Å². The van der Waals surface area contributed by atoms with Crippen LogP contribution in [0.2, 0.25) is 0 Å². The van der Waals surface area contributed by atoms with Crippen molar-refractivity contribution in [3.63, 3.8) is 0 Å². The molecule has 0 fully saturated rings. The molecular formula is C14H18FNO2. The van der Waals surface area contributed by atoms with E-state index in [1.54, 1.807) is 13.2 Å². The average Bonchev–Trinajstić information content (AvgIpc) is 2.77. The molecule has 98 valence electrons. The number of hydrogen-bond donors (Lipinski definition) is 1. The smallest absolute Gasteiger partial charge is 0.134 e. The lowest BCUT2D eigenvalue weighted by atomic mass is 10.1. The highest BCUT2D eigenvalue weighted by Gasteiger charge is 2.15. The molecule has 0 aliphatic heterocycles. The Labute approximate surface area is 106 Å². The average molecular weight is 251 g/mol. The molecule has 1 aromatic carbocycles. The summed E-state index contributed by atoms with van der Waals surface area (Å²) in [7, 11) is 1.68. The van der Waals surface area contributed by atoms with Gasteiger partial charge in [-0.2, -0.15) is 0 Å². The van der Waals surface area contributed by atoms with Crippen LogP contribution in [-0.2, 0) is 4.74 Å². The second-order valence-electron chi connectivity index (χ2n) is 4.22. The molecule has 18 heavy (non-hydrogen) atoms. The second-order valence-corrected chi connectivity index (χ2v) is 4.22. The fraction of sp³-hybridized carbons (Fsp3) is 0.429. The van der Waals surface area contributed by atoms with Crippen LogP contribution in [-0.4, -0.2) is 20.3 Å². The summed E-state index contributed by atoms with van der Waals surface area (Å²) in [4.78, 5) is 0. The molecule has 0 radical (unpaired) electrons. The molecule has 0 amide bonds. The Bertz CT molecular complexity index is 509. The van der Waals surface area contributed by atoms with Crippen LogP contribution >= 0.6 is 0 Å². The Morgan fingerprint density at radius 1 is 1.39 bits per heavy atom. The second kappa shape index (κ2) is 5.98. The van der Waals surface area contributed by atoms with E-state index in [0.717, 1.165) is 24.1 Å². The zero-order chi connectivity index (χ0) is 13.0. The van der Waals surface area contributed by atoms with Crippen molar-refractivity contribution < 1.29 is 13.5 Å². The molecule has 0 saturated carbocycles. The molecule has 3 nitrogen and oxygen atoms in total. The molecule has 2 rings (SSSR count). The lowest BCUT2D eigenvalue weighted by Gasteiger charge is -2.14. The lowest BCUT2D eigenvalue weighted by molar-refractivity contribution is 0.179. The molecule has 0 saturated heterocycles. The molecule has 4 heteroatoms. The molecule has 0 aliphatic rings. The van der Waals surface area contributed by atoms with Crippen LogP contribution in [0.3, 0.4) is 0 Å². The zero-order valence-electron chi connectivity index (χ0n) is 10.7. The first-order valence-electron chi connectivity index (χ1n) is 6.16. The minimum atomic E-state index is -0.244. The van der Waals surface area contributed by atoms with Crippen molar-refractivity contribution in [3.05, 3.63) is 35.8 Å². The summed E-state index contributed by atoms with van der Waals surface area (Å²) in [5, 5.41) is 4.14. The number of hydrogen-bond acceptors (Lipinski definition) is 3. The maximum absolute atomic E-state index is 13.1. The van der Waals surface area contributed by atoms with Crippen molar-refractivity contribution in [1.29, 1.82) is 0 Å². The third kappa shape index (κ3) is 2.89. The van der Waals surface area contributed by atoms with E-state index in [1.165, 1.54) is 12.1 Å². The van der Waals surface area contributed by atoms with Gasteiger partial charge in [0.2, 0.25) is 0 Å². The summed E-state index contributed by atoms with van der Waals surface area (Å²) in [5.41, 5.74) is 0.715. The zero-order valence-corrected chi connectivity index (χ0v) is 10.7. The fourth-order valence-corrected chi connectivity index (χ4v) is 2.03. The first-order chi connectivity index (χ1) is 8.74. The molecule has 1 atom stereocenters. The first kappa shape index (κ1) is 13.1. The predicted octanol–water partition coefficient (Wildman–Crippen LogP) is 3.26. The summed E-state index contributed by atoms with van der Waals surface area (Å²) in [5.74, 6) is 0.584. The van der Waals surface area contributed by atoms with E-state index in [0.29, 0.717) is 12.2 Å². The van der Waals surface area contributed by atoms with Gasteiger partial charge in [0.1, 0.15) is 17.2 Å². The number of benzene rings is 1. The maximum Gasteiger partial charge on any atom is 0.134 e. The number of fused-ring (bicyclic) bond motifs is 1. The Balaban J connectivity index is 2.26. The van der Waals surface area contributed by atoms with Crippen LogP contribution in [0.25, 0.3) is 11.0 Å². The highest BCUT2D eigenvalue weighted by Crippen LogP contribution is 2.26. The van der Waals surface area contributed by atoms with E-state index in [2.05, 4.69) is 5.32 Å². The summed E-state index contributed by atoms with van der Waals surface area (Å²) in [6.45, 7) is 3.55. The normalized spacial score (nSPS) is 13.1. The van der Waals surface area contributed by atoms with Gasteiger partial charge in [-0.05, 0) is 37.2 Å². The van der Waals surface area contributed by atoms with Gasteiger partial charge >= 0.3 is 0 Å². The standard InChI is InChI=1S/C14H18FNO2/c1-3-16-12(6-7-17-2)14-9-10-8-11(15)4-5-13(10)18-14/h4-5,8-9,12,16H,3,6-7H2,1-2H3. The number of furan rings is 1. The van der Waals surface area contributed by atoms with E-state index in [9.17, 15) is 4.39 Å². The predicted molar refractivity (Wildman–Crippen MR) is 69.1 cm³/mol. The highest BCUT2D eigenvalue weighted by atomic mass is 19.1. The minimum Gasteiger partial charge on any atom is -0.459 e. The molecule has 0 spiro atoms. The third-order valence-electron chi connectivity index (χ3n) is 2.90. The largest absolute Gasteiger partial charge is 0.459 e. The minimum absolute atomic E-state index is 0.102. The van der Waals surface area contributed by atoms with Crippen LogP contribution in [0.5, 0.6) is 0 Å². The number of rotatable bonds is 6. The van der Waals surface area contributed by atoms with E-state index in [4.69, 9.17) is 9.15 Å². The van der Waals surface area contributed by atoms with Crippen LogP contribution in [0.1, 0.15) is 25.1 Å². The van der Waals surface area contributed by atoms with Crippen LogP contribution < -0.4 is 5.32 Å². The number of ether oxygens (including phenoxy) is 1. The Morgan fingerprint density at radius 3 is 2.94 bits per heavy atom. The van der Waals surface area contributed by atoms with Gasteiger partial charge in [-0.3, -0.25) is 0 Å². The summed E-state index contributed by atoms with van der Waals surface area (Å²) in [6, 6.07) is 6.55. The van der Waals surface area contributed by atoms with Crippen molar-refractivity contribution in [2.75, 3.05) is 20.3 Å². The van der Waals surface area contributed by atoms with Crippen molar-refractivity contribution in [1.82, 2.24) is 5.32 Å². The van der Waals surface area contributed by atoms with E-state index < -0.39 is 0 Å². The summed E-state index contributed by atoms with van der Waals surface area (Å²) in [6.07, 6.45) is 0.826. The lowest BCUT2D eigenvalue weighted by Crippen LogP contribution is -2.21. The topological polar surface area (TPSA) is 34.4 Å². The molecular weight excluding hydrogens is 233 g/mol. The maximum atomic E-state index is 13.1. The molecule has 2 aromatic rings. The molecule has 1 heterocycles. The molecule has 0 bridgehead atoms. The van der Waals surface area contributed by atoms with Crippen molar-refractivity contribution in [2.45, 2.75) is 19.4 Å². The van der Waals surface area contributed by atoms with Crippen LogP contribution in [0.15, 0.2) is 28.7 Å². The fourth-order valence-electron chi connectivity index (χ4n) is 2.03. The van der Waals surface area contributed by atoms with Gasteiger partial charge in [0.25, 0.3) is 0 Å². The van der Waals surface area contributed by atoms with Crippen molar-refractivity contribution in [3.8, 4) is 0 Å². The van der Waals surface area contributed by atoms with Gasteiger partial charge in [0, 0.05) is 19.1 Å². The third-order valence-corrected chi connectivity index (χ3v) is 2.90. The van der Waals surface area contributed by atoms with E-state index in [-0.39, 0.29) is 11.9 Å². The van der Waals surface area contributed by atoms with Gasteiger partial charge in [-0.25, -0.2) is 4.39 Å². The SMILES string of the molecule is CCNC(CCOC)c1cc2cc(F)ccc2o1. The number of nitrogens with one attached hydrogen (secondary N) is 1. The summed E-state index contributed by atoms with van der Waals surface area (Å²) < 4.78 is 24.0. The van der Waals surface area contributed by atoms with Gasteiger partial charge in [-0.15, -0.1) is 0 Å². The number of halogens is 1. The monoisotopic (exact) mass is 251 g/mol. The Morgan fingerprint density at radius 2 is 2.22 bits per heavy atom. The van der Waals surface area contributed by atoms with Gasteiger partial charge in [0.15, 0.2) is 0 Å². The Kier molecular flexibility index (Phi) is 4.33. The van der Waals surface area contributed by atoms with Crippen molar-refractivity contribution >= 4 is 11.0 Å². The first-order valence-corrected chi connectivity index (χ1v) is 6.16. The molecule has 1 unspecified atom stereocenters. The summed E-state index contributed by atoms with van der Waals surface area (Å²) >= 11 is 0. The van der Waals surface area contributed by atoms with E-state index in [1.807, 2.05) is 13.0 Å². The highest BCUT2D eigenvalue weighted by molar-refractivity contribution is 5.78. The van der Waals surface area contributed by atoms with Gasteiger partial charge in [0.05, 0.1) is 6.04 Å². The van der Waals surface area contributed by atoms with Crippen LogP contribution in [0, 0.1) is 5.82 Å². The molecule has 1 aromatic heterocycles. The van der Waals surface area contributed by atoms with Crippen molar-refractivity contribution in [2.24, 2.45) is 0 Å². The van der Waals surface area contributed by atoms with E-state index >= 15 is 0 Å².